The monoisotopic (exact) mass is 414 g/mol. The normalized spacial score (nSPS) is 10.5. The van der Waals surface area contributed by atoms with Gasteiger partial charge in [-0.2, -0.15) is 0 Å². The van der Waals surface area contributed by atoms with Crippen LogP contribution in [0.25, 0.3) is 11.1 Å². The average Bonchev–Trinajstić information content (AvgIpc) is 2.63. The summed E-state index contributed by atoms with van der Waals surface area (Å²) in [5.74, 6) is -0.261. The van der Waals surface area contributed by atoms with Gasteiger partial charge < -0.3 is 11.1 Å². The van der Waals surface area contributed by atoms with Gasteiger partial charge >= 0.3 is 0 Å². The predicted octanol–water partition coefficient (Wildman–Crippen LogP) is 5.28. The highest BCUT2D eigenvalue weighted by molar-refractivity contribution is 9.10. The number of carbonyl (C=O) groups excluding carboxylic acids is 1. The second-order valence-corrected chi connectivity index (χ2v) is 6.85. The van der Waals surface area contributed by atoms with E-state index in [0.717, 1.165) is 16.7 Å². The fourth-order valence-corrected chi connectivity index (χ4v) is 3.43. The van der Waals surface area contributed by atoms with Gasteiger partial charge in [0, 0.05) is 16.0 Å². The van der Waals surface area contributed by atoms with E-state index < -0.39 is 0 Å². The molecule has 1 amide bonds. The highest BCUT2D eigenvalue weighted by Crippen LogP contribution is 2.28. The first-order chi connectivity index (χ1) is 12.1. The molecule has 0 heterocycles. The van der Waals surface area contributed by atoms with Gasteiger partial charge in [-0.15, -0.1) is 0 Å². The Morgan fingerprint density at radius 1 is 1.04 bits per heavy atom. The van der Waals surface area contributed by atoms with Crippen LogP contribution in [0, 0.1) is 0 Å². The van der Waals surface area contributed by atoms with Gasteiger partial charge in [0.1, 0.15) is 0 Å². The SMILES string of the molecule is Nc1c(Br)cc(Cl)cc1C(=O)NCc1ccccc1-c1ccccc1. The number of anilines is 1. The summed E-state index contributed by atoms with van der Waals surface area (Å²) in [6.07, 6.45) is 0. The molecule has 0 bridgehead atoms. The van der Waals surface area contributed by atoms with Crippen molar-refractivity contribution in [2.24, 2.45) is 0 Å². The quantitative estimate of drug-likeness (QED) is 0.569. The number of amides is 1. The van der Waals surface area contributed by atoms with E-state index in [1.807, 2.05) is 54.6 Å². The molecule has 0 saturated carbocycles. The van der Waals surface area contributed by atoms with Crippen molar-refractivity contribution in [3.8, 4) is 11.1 Å². The molecule has 0 aliphatic rings. The third-order valence-electron chi connectivity index (χ3n) is 3.88. The Balaban J connectivity index is 1.82. The molecule has 126 valence electrons. The first-order valence-electron chi connectivity index (χ1n) is 7.72. The lowest BCUT2D eigenvalue weighted by atomic mass is 9.99. The van der Waals surface area contributed by atoms with Crippen LogP contribution in [0.1, 0.15) is 15.9 Å². The summed E-state index contributed by atoms with van der Waals surface area (Å²) < 4.78 is 0.606. The Bertz CT molecular complexity index is 913. The number of nitrogens with two attached hydrogens (primary N) is 1. The van der Waals surface area contributed by atoms with Crippen LogP contribution in [-0.4, -0.2) is 5.91 Å². The van der Waals surface area contributed by atoms with Gasteiger partial charge in [-0.25, -0.2) is 0 Å². The third-order valence-corrected chi connectivity index (χ3v) is 4.75. The Kier molecular flexibility index (Phi) is 5.41. The summed E-state index contributed by atoms with van der Waals surface area (Å²) >= 11 is 9.34. The smallest absolute Gasteiger partial charge is 0.253 e. The molecule has 0 saturated heterocycles. The standard InChI is InChI=1S/C20H16BrClN2O/c21-18-11-15(22)10-17(19(18)23)20(25)24-12-14-8-4-5-9-16(14)13-6-2-1-3-7-13/h1-11H,12,23H2,(H,24,25). The Labute approximate surface area is 159 Å². The highest BCUT2D eigenvalue weighted by atomic mass is 79.9. The number of rotatable bonds is 4. The molecule has 0 aliphatic heterocycles. The van der Waals surface area contributed by atoms with Gasteiger partial charge in [0.2, 0.25) is 0 Å². The lowest BCUT2D eigenvalue weighted by molar-refractivity contribution is 0.0952. The van der Waals surface area contributed by atoms with E-state index in [1.165, 1.54) is 0 Å². The fraction of sp³-hybridized carbons (Fsp3) is 0.0500. The van der Waals surface area contributed by atoms with Gasteiger partial charge in [0.05, 0.1) is 11.3 Å². The molecule has 25 heavy (non-hydrogen) atoms. The molecule has 3 N–H and O–H groups in total. The van der Waals surface area contributed by atoms with Gasteiger partial charge in [-0.1, -0.05) is 66.2 Å². The van der Waals surface area contributed by atoms with Crippen LogP contribution in [0.5, 0.6) is 0 Å². The van der Waals surface area contributed by atoms with Crippen molar-refractivity contribution < 1.29 is 4.79 Å². The third kappa shape index (κ3) is 4.03. The average molecular weight is 416 g/mol. The molecular formula is C20H16BrClN2O. The lowest BCUT2D eigenvalue weighted by Gasteiger charge is -2.12. The molecule has 0 fully saturated rings. The van der Waals surface area contributed by atoms with Crippen molar-refractivity contribution in [1.29, 1.82) is 0 Å². The molecule has 0 atom stereocenters. The fourth-order valence-electron chi connectivity index (χ4n) is 2.62. The van der Waals surface area contributed by atoms with Crippen molar-refractivity contribution in [2.75, 3.05) is 5.73 Å². The molecule has 3 rings (SSSR count). The first-order valence-corrected chi connectivity index (χ1v) is 8.89. The van der Waals surface area contributed by atoms with E-state index >= 15 is 0 Å². The van der Waals surface area contributed by atoms with E-state index in [1.54, 1.807) is 12.1 Å². The summed E-state index contributed by atoms with van der Waals surface area (Å²) in [6, 6.07) is 21.3. The number of nitrogen functional groups attached to an aromatic ring is 1. The van der Waals surface area contributed by atoms with Gasteiger partial charge in [-0.05, 0) is 44.8 Å². The van der Waals surface area contributed by atoms with Crippen LogP contribution < -0.4 is 11.1 Å². The van der Waals surface area contributed by atoms with Crippen molar-refractivity contribution >= 4 is 39.1 Å². The second kappa shape index (κ2) is 7.72. The minimum Gasteiger partial charge on any atom is -0.397 e. The van der Waals surface area contributed by atoms with E-state index in [9.17, 15) is 4.79 Å². The minimum atomic E-state index is -0.261. The molecule has 0 unspecified atom stereocenters. The van der Waals surface area contributed by atoms with E-state index in [2.05, 4.69) is 21.2 Å². The zero-order valence-corrected chi connectivity index (χ0v) is 15.6. The summed E-state index contributed by atoms with van der Waals surface area (Å²) in [5.41, 5.74) is 9.93. The molecule has 0 aromatic heterocycles. The minimum absolute atomic E-state index is 0.261. The number of benzene rings is 3. The molecule has 3 aromatic rings. The van der Waals surface area contributed by atoms with Gasteiger partial charge in [0.25, 0.3) is 5.91 Å². The van der Waals surface area contributed by atoms with Crippen LogP contribution in [-0.2, 0) is 6.54 Å². The van der Waals surface area contributed by atoms with Crippen LogP contribution in [0.4, 0.5) is 5.69 Å². The van der Waals surface area contributed by atoms with E-state index in [-0.39, 0.29) is 5.91 Å². The number of carbonyl (C=O) groups is 1. The summed E-state index contributed by atoms with van der Waals surface area (Å²) in [5, 5.41) is 3.38. The maximum atomic E-state index is 12.5. The van der Waals surface area contributed by atoms with Crippen LogP contribution in [0.2, 0.25) is 5.02 Å². The topological polar surface area (TPSA) is 55.1 Å². The summed E-state index contributed by atoms with van der Waals surface area (Å²) in [6.45, 7) is 0.396. The van der Waals surface area contributed by atoms with Crippen LogP contribution in [0.15, 0.2) is 71.2 Å². The van der Waals surface area contributed by atoms with Crippen molar-refractivity contribution in [2.45, 2.75) is 6.54 Å². The van der Waals surface area contributed by atoms with Crippen molar-refractivity contribution in [3.63, 3.8) is 0 Å². The van der Waals surface area contributed by atoms with Crippen LogP contribution >= 0.6 is 27.5 Å². The first kappa shape index (κ1) is 17.5. The maximum Gasteiger partial charge on any atom is 0.253 e. The van der Waals surface area contributed by atoms with Gasteiger partial charge in [0.15, 0.2) is 0 Å². The van der Waals surface area contributed by atoms with E-state index in [4.69, 9.17) is 17.3 Å². The summed E-state index contributed by atoms with van der Waals surface area (Å²) in [4.78, 5) is 12.5. The zero-order valence-electron chi connectivity index (χ0n) is 13.3. The predicted molar refractivity (Wildman–Crippen MR) is 107 cm³/mol. The van der Waals surface area contributed by atoms with Crippen molar-refractivity contribution in [1.82, 2.24) is 5.32 Å². The molecule has 3 aromatic carbocycles. The largest absolute Gasteiger partial charge is 0.397 e. The molecule has 0 aliphatic carbocycles. The Morgan fingerprint density at radius 3 is 2.48 bits per heavy atom. The number of hydrogen-bond acceptors (Lipinski definition) is 2. The van der Waals surface area contributed by atoms with E-state index in [0.29, 0.717) is 27.3 Å². The highest BCUT2D eigenvalue weighted by Gasteiger charge is 2.14. The molecule has 5 heteroatoms. The number of nitrogens with one attached hydrogen (secondary N) is 1. The van der Waals surface area contributed by atoms with Gasteiger partial charge in [-0.3, -0.25) is 4.79 Å². The number of hydrogen-bond donors (Lipinski definition) is 2. The molecule has 3 nitrogen and oxygen atoms in total. The van der Waals surface area contributed by atoms with Crippen molar-refractivity contribution in [3.05, 3.63) is 87.4 Å². The molecule has 0 radical (unpaired) electrons. The maximum absolute atomic E-state index is 12.5. The number of halogens is 2. The molecule has 0 spiro atoms. The second-order valence-electron chi connectivity index (χ2n) is 5.55. The Hall–Kier alpha value is -2.30. The Morgan fingerprint density at radius 2 is 1.72 bits per heavy atom. The molecular weight excluding hydrogens is 400 g/mol. The lowest BCUT2D eigenvalue weighted by Crippen LogP contribution is -2.24. The summed E-state index contributed by atoms with van der Waals surface area (Å²) in [7, 11) is 0. The zero-order chi connectivity index (χ0) is 17.8. The van der Waals surface area contributed by atoms with Crippen LogP contribution in [0.3, 0.4) is 0 Å².